The van der Waals surface area contributed by atoms with Gasteiger partial charge in [-0.05, 0) is 12.8 Å². The van der Waals surface area contributed by atoms with Gasteiger partial charge in [0.1, 0.15) is 12.7 Å². The largest absolute Gasteiger partial charge is 0.390 e. The predicted octanol–water partition coefficient (Wildman–Crippen LogP) is 5.79. The van der Waals surface area contributed by atoms with Gasteiger partial charge in [0, 0.05) is 0 Å². The molecule has 0 radical (unpaired) electrons. The molecule has 0 aromatic rings. The van der Waals surface area contributed by atoms with Crippen LogP contribution in [0.2, 0.25) is 0 Å². The van der Waals surface area contributed by atoms with Gasteiger partial charge in [-0.2, -0.15) is 0 Å². The first-order chi connectivity index (χ1) is 11.8. The van der Waals surface area contributed by atoms with E-state index in [2.05, 4.69) is 18.1 Å². The van der Waals surface area contributed by atoms with Gasteiger partial charge in [0.05, 0.1) is 19.4 Å². The third-order valence-corrected chi connectivity index (χ3v) is 5.19. The highest BCUT2D eigenvalue weighted by atomic mass is 16.3. The second kappa shape index (κ2) is 14.7. The van der Waals surface area contributed by atoms with Gasteiger partial charge in [-0.25, -0.2) is 4.99 Å². The minimum absolute atomic E-state index is 0.231. The first-order valence-electron chi connectivity index (χ1n) is 10.5. The molecule has 0 saturated carbocycles. The van der Waals surface area contributed by atoms with Crippen LogP contribution in [0.25, 0.3) is 0 Å². The quantitative estimate of drug-likeness (QED) is 0.264. The summed E-state index contributed by atoms with van der Waals surface area (Å²) >= 11 is 0. The minimum Gasteiger partial charge on any atom is -0.390 e. The lowest BCUT2D eigenvalue weighted by atomic mass is 10.0. The van der Waals surface area contributed by atoms with Gasteiger partial charge in [0.25, 0.3) is 0 Å². The van der Waals surface area contributed by atoms with E-state index in [1.54, 1.807) is 0 Å². The summed E-state index contributed by atoms with van der Waals surface area (Å²) in [5.74, 6) is 0. The SMILES string of the molecule is CCCCCCCCCCCCCCCC[N+]1(CCO)C=CN=C1. The van der Waals surface area contributed by atoms with Crippen LogP contribution in [0.1, 0.15) is 96.8 Å². The van der Waals surface area contributed by atoms with Crippen molar-refractivity contribution in [1.29, 1.82) is 0 Å². The fraction of sp³-hybridized carbons (Fsp3) is 0.857. The summed E-state index contributed by atoms with van der Waals surface area (Å²) in [7, 11) is 0. The Labute approximate surface area is 150 Å². The summed E-state index contributed by atoms with van der Waals surface area (Å²) in [5, 5.41) is 9.20. The molecule has 1 N–H and O–H groups in total. The third-order valence-electron chi connectivity index (χ3n) is 5.19. The highest BCUT2D eigenvalue weighted by Gasteiger charge is 2.24. The average Bonchev–Trinajstić information content (AvgIpc) is 3.04. The zero-order chi connectivity index (χ0) is 17.3. The number of hydrogen-bond acceptors (Lipinski definition) is 2. The van der Waals surface area contributed by atoms with Crippen LogP contribution in [0, 0.1) is 0 Å². The zero-order valence-corrected chi connectivity index (χ0v) is 16.1. The van der Waals surface area contributed by atoms with Gasteiger partial charge < -0.3 is 5.11 Å². The van der Waals surface area contributed by atoms with Crippen LogP contribution >= 0.6 is 0 Å². The maximum absolute atomic E-state index is 9.20. The molecule has 1 atom stereocenters. The van der Waals surface area contributed by atoms with Crippen molar-refractivity contribution < 1.29 is 9.59 Å². The van der Waals surface area contributed by atoms with E-state index >= 15 is 0 Å². The van der Waals surface area contributed by atoms with Crippen molar-refractivity contribution in [3.05, 3.63) is 12.4 Å². The minimum atomic E-state index is 0.231. The highest BCUT2D eigenvalue weighted by Crippen LogP contribution is 2.16. The highest BCUT2D eigenvalue weighted by molar-refractivity contribution is 5.50. The molecule has 1 aliphatic heterocycles. The Morgan fingerprint density at radius 2 is 1.21 bits per heavy atom. The number of aliphatic hydroxyl groups is 1. The van der Waals surface area contributed by atoms with E-state index in [-0.39, 0.29) is 6.61 Å². The summed E-state index contributed by atoms with van der Waals surface area (Å²) in [4.78, 5) is 4.20. The Kier molecular flexibility index (Phi) is 13.1. The number of quaternary nitrogens is 1. The molecule has 0 spiro atoms. The van der Waals surface area contributed by atoms with Crippen LogP contribution in [-0.4, -0.2) is 35.6 Å². The molecule has 3 nitrogen and oxygen atoms in total. The van der Waals surface area contributed by atoms with Crippen molar-refractivity contribution in [2.75, 3.05) is 19.7 Å². The zero-order valence-electron chi connectivity index (χ0n) is 16.1. The monoisotopic (exact) mass is 337 g/mol. The Balaban J connectivity index is 1.82. The van der Waals surface area contributed by atoms with Gasteiger partial charge in [0.15, 0.2) is 6.34 Å². The normalized spacial score (nSPS) is 19.4. The predicted molar refractivity (Wildman–Crippen MR) is 105 cm³/mol. The van der Waals surface area contributed by atoms with Crippen molar-refractivity contribution >= 4 is 6.34 Å². The fourth-order valence-electron chi connectivity index (χ4n) is 3.54. The lowest BCUT2D eigenvalue weighted by Gasteiger charge is -2.26. The van der Waals surface area contributed by atoms with E-state index in [0.717, 1.165) is 17.6 Å². The molecule has 0 bridgehead atoms. The van der Waals surface area contributed by atoms with Crippen LogP contribution in [0.15, 0.2) is 17.4 Å². The summed E-state index contributed by atoms with van der Waals surface area (Å²) in [6.07, 6.45) is 25.5. The number of nitrogens with zero attached hydrogens (tertiary/aromatic N) is 2. The van der Waals surface area contributed by atoms with E-state index < -0.39 is 0 Å². The van der Waals surface area contributed by atoms with E-state index in [1.165, 1.54) is 89.9 Å². The van der Waals surface area contributed by atoms with Crippen molar-refractivity contribution in [3.63, 3.8) is 0 Å². The Morgan fingerprint density at radius 1 is 0.708 bits per heavy atom. The van der Waals surface area contributed by atoms with Gasteiger partial charge in [-0.1, -0.05) is 84.0 Å². The maximum Gasteiger partial charge on any atom is 0.194 e. The molecule has 1 heterocycles. The van der Waals surface area contributed by atoms with E-state index in [9.17, 15) is 5.11 Å². The van der Waals surface area contributed by atoms with Crippen LogP contribution < -0.4 is 0 Å². The summed E-state index contributed by atoms with van der Waals surface area (Å²) in [6.45, 7) is 4.36. The first-order valence-corrected chi connectivity index (χ1v) is 10.5. The number of rotatable bonds is 17. The van der Waals surface area contributed by atoms with Crippen molar-refractivity contribution in [2.45, 2.75) is 96.8 Å². The van der Waals surface area contributed by atoms with Crippen LogP contribution in [-0.2, 0) is 0 Å². The maximum atomic E-state index is 9.20. The van der Waals surface area contributed by atoms with Gasteiger partial charge in [0.2, 0.25) is 0 Å². The van der Waals surface area contributed by atoms with Gasteiger partial charge in [-0.3, -0.25) is 4.48 Å². The van der Waals surface area contributed by atoms with E-state index in [4.69, 9.17) is 0 Å². The lowest BCUT2D eigenvalue weighted by Crippen LogP contribution is -2.42. The molecule has 0 aliphatic carbocycles. The molecule has 0 aromatic carbocycles. The summed E-state index contributed by atoms with van der Waals surface area (Å²) in [5.41, 5.74) is 0. The third kappa shape index (κ3) is 10.2. The molecular formula is C21H41N2O+. The number of aliphatic hydroxyl groups excluding tert-OH is 1. The molecule has 0 aromatic heterocycles. The molecule has 140 valence electrons. The Bertz CT molecular complexity index is 327. The Hall–Kier alpha value is -0.670. The first kappa shape index (κ1) is 21.4. The number of aliphatic imine (C=N–C) groups is 1. The second-order valence-corrected chi connectivity index (χ2v) is 7.43. The molecule has 1 unspecified atom stereocenters. The van der Waals surface area contributed by atoms with Crippen LogP contribution in [0.3, 0.4) is 0 Å². The summed E-state index contributed by atoms with van der Waals surface area (Å²) in [6, 6.07) is 0. The number of unbranched alkanes of at least 4 members (excludes halogenated alkanes) is 13. The van der Waals surface area contributed by atoms with Crippen molar-refractivity contribution in [1.82, 2.24) is 0 Å². The smallest absolute Gasteiger partial charge is 0.194 e. The Morgan fingerprint density at radius 3 is 1.62 bits per heavy atom. The summed E-state index contributed by atoms with van der Waals surface area (Å²) < 4.78 is 0.745. The van der Waals surface area contributed by atoms with Crippen LogP contribution in [0.4, 0.5) is 0 Å². The van der Waals surface area contributed by atoms with Crippen molar-refractivity contribution in [2.24, 2.45) is 4.99 Å². The molecule has 1 aliphatic rings. The van der Waals surface area contributed by atoms with Gasteiger partial charge >= 0.3 is 0 Å². The molecule has 3 heteroatoms. The van der Waals surface area contributed by atoms with Gasteiger partial charge in [-0.15, -0.1) is 0 Å². The molecule has 0 fully saturated rings. The standard InChI is InChI=1S/C21H41N2O/c1-2-3-4-5-6-7-8-9-10-11-12-13-14-15-17-23(19-20-24)18-16-22-21-23/h16,18,21,24H,2-15,17,19-20H2,1H3/q+1. The second-order valence-electron chi connectivity index (χ2n) is 7.43. The van der Waals surface area contributed by atoms with E-state index in [1.807, 2.05) is 12.5 Å². The van der Waals surface area contributed by atoms with Crippen LogP contribution in [0.5, 0.6) is 0 Å². The molecule has 0 saturated heterocycles. The van der Waals surface area contributed by atoms with E-state index in [0.29, 0.717) is 0 Å². The topological polar surface area (TPSA) is 32.6 Å². The fourth-order valence-corrected chi connectivity index (χ4v) is 3.54. The average molecular weight is 338 g/mol. The number of hydrogen-bond donors (Lipinski definition) is 1. The molecular weight excluding hydrogens is 296 g/mol. The molecule has 0 amide bonds. The lowest BCUT2D eigenvalue weighted by molar-refractivity contribution is -0.780. The molecule has 1 rings (SSSR count). The molecule has 24 heavy (non-hydrogen) atoms. The van der Waals surface area contributed by atoms with Crippen molar-refractivity contribution in [3.8, 4) is 0 Å².